The lowest BCUT2D eigenvalue weighted by Crippen LogP contribution is -2.11. The fraction of sp³-hybridized carbons (Fsp3) is 0.714. The molecule has 0 saturated carbocycles. The highest BCUT2D eigenvalue weighted by atomic mass is 16.1. The Balaban J connectivity index is 3.68. The van der Waals surface area contributed by atoms with Gasteiger partial charge in [-0.05, 0) is 13.3 Å². The first kappa shape index (κ1) is 8.34. The van der Waals surface area contributed by atoms with Crippen molar-refractivity contribution in [3.8, 4) is 0 Å². The first-order valence-electron chi connectivity index (χ1n) is 3.10. The molecular formula is C7H11O2. The third-order valence-electron chi connectivity index (χ3n) is 1.21. The number of rotatable bonds is 4. The first-order chi connectivity index (χ1) is 4.22. The van der Waals surface area contributed by atoms with Crippen LogP contribution in [0.2, 0.25) is 0 Å². The van der Waals surface area contributed by atoms with E-state index in [1.165, 1.54) is 6.92 Å². The maximum Gasteiger partial charge on any atom is 0.209 e. The summed E-state index contributed by atoms with van der Waals surface area (Å²) >= 11 is 0. The average molecular weight is 127 g/mol. The zero-order valence-electron chi connectivity index (χ0n) is 5.81. The molecule has 9 heavy (non-hydrogen) atoms. The van der Waals surface area contributed by atoms with Crippen LogP contribution in [0.25, 0.3) is 0 Å². The van der Waals surface area contributed by atoms with Gasteiger partial charge in [-0.25, -0.2) is 0 Å². The van der Waals surface area contributed by atoms with Crippen molar-refractivity contribution in [1.29, 1.82) is 0 Å². The normalized spacial score (nSPS) is 12.7. The van der Waals surface area contributed by atoms with Crippen LogP contribution in [-0.2, 0) is 9.59 Å². The second-order valence-corrected chi connectivity index (χ2v) is 2.07. The first-order valence-corrected chi connectivity index (χ1v) is 3.10. The Hall–Kier alpha value is -0.660. The molecule has 0 aliphatic carbocycles. The number of hydrogen-bond donors (Lipinski definition) is 0. The topological polar surface area (TPSA) is 34.1 Å². The molecule has 0 aliphatic rings. The molecule has 0 rings (SSSR count). The van der Waals surface area contributed by atoms with Gasteiger partial charge in [-0.15, -0.1) is 0 Å². The quantitative estimate of drug-likeness (QED) is 0.530. The summed E-state index contributed by atoms with van der Waals surface area (Å²) in [5.74, 6) is -0.554. The van der Waals surface area contributed by atoms with E-state index in [9.17, 15) is 9.59 Å². The second kappa shape index (κ2) is 4.24. The van der Waals surface area contributed by atoms with Gasteiger partial charge in [0.05, 0.1) is 5.92 Å². The number of carbonyl (C=O) groups is 1. The van der Waals surface area contributed by atoms with Crippen LogP contribution in [0, 0.1) is 5.92 Å². The number of carbonyl (C=O) groups excluding carboxylic acids is 2. The van der Waals surface area contributed by atoms with Crippen molar-refractivity contribution in [3.05, 3.63) is 0 Å². The minimum Gasteiger partial charge on any atom is -0.299 e. The van der Waals surface area contributed by atoms with Crippen molar-refractivity contribution in [1.82, 2.24) is 0 Å². The van der Waals surface area contributed by atoms with E-state index in [0.717, 1.165) is 6.42 Å². The van der Waals surface area contributed by atoms with Gasteiger partial charge >= 0.3 is 0 Å². The fourth-order valence-electron chi connectivity index (χ4n) is 0.634. The third-order valence-corrected chi connectivity index (χ3v) is 1.21. The van der Waals surface area contributed by atoms with Crippen molar-refractivity contribution in [3.63, 3.8) is 0 Å². The zero-order valence-corrected chi connectivity index (χ0v) is 5.81. The molecule has 1 unspecified atom stereocenters. The van der Waals surface area contributed by atoms with Gasteiger partial charge in [0.25, 0.3) is 0 Å². The summed E-state index contributed by atoms with van der Waals surface area (Å²) in [6.07, 6.45) is 3.20. The molecule has 51 valence electrons. The van der Waals surface area contributed by atoms with Crippen molar-refractivity contribution in [2.75, 3.05) is 0 Å². The maximum absolute atomic E-state index is 10.5. The molecule has 0 aliphatic heterocycles. The molecule has 0 bridgehead atoms. The Kier molecular flexibility index (Phi) is 3.93. The molecule has 2 nitrogen and oxygen atoms in total. The van der Waals surface area contributed by atoms with Gasteiger partial charge in [0.1, 0.15) is 5.78 Å². The minimum atomic E-state index is -0.477. The Morgan fingerprint density at radius 1 is 1.67 bits per heavy atom. The summed E-state index contributed by atoms with van der Waals surface area (Å²) in [4.78, 5) is 20.5. The van der Waals surface area contributed by atoms with E-state index < -0.39 is 5.92 Å². The average Bonchev–Trinajstić information content (AvgIpc) is 1.82. The minimum absolute atomic E-state index is 0.0770. The van der Waals surface area contributed by atoms with Crippen molar-refractivity contribution in [2.24, 2.45) is 5.92 Å². The summed E-state index contributed by atoms with van der Waals surface area (Å²) in [7, 11) is 0. The highest BCUT2D eigenvalue weighted by Gasteiger charge is 2.11. The molecule has 0 heterocycles. The van der Waals surface area contributed by atoms with Crippen LogP contribution in [0.15, 0.2) is 0 Å². The molecule has 2 heteroatoms. The lowest BCUT2D eigenvalue weighted by molar-refractivity contribution is -0.119. The molecule has 1 atom stereocenters. The molecule has 0 aromatic rings. The second-order valence-electron chi connectivity index (χ2n) is 2.07. The van der Waals surface area contributed by atoms with E-state index in [1.54, 1.807) is 6.29 Å². The Morgan fingerprint density at radius 3 is 2.33 bits per heavy atom. The predicted octanol–water partition coefficient (Wildman–Crippen LogP) is 1.10. The summed E-state index contributed by atoms with van der Waals surface area (Å²) in [6, 6.07) is 0. The molecule has 0 aromatic carbocycles. The Bertz CT molecular complexity index is 107. The molecule has 0 amide bonds. The number of hydrogen-bond acceptors (Lipinski definition) is 2. The molecule has 0 aromatic heterocycles. The summed E-state index contributed by atoms with van der Waals surface area (Å²) in [6.45, 7) is 3.36. The van der Waals surface area contributed by atoms with Crippen LogP contribution in [-0.4, -0.2) is 12.1 Å². The maximum atomic E-state index is 10.5. The summed E-state index contributed by atoms with van der Waals surface area (Å²) in [5, 5.41) is 0. The van der Waals surface area contributed by atoms with E-state index in [-0.39, 0.29) is 5.78 Å². The van der Waals surface area contributed by atoms with Gasteiger partial charge in [0.2, 0.25) is 6.29 Å². The van der Waals surface area contributed by atoms with E-state index >= 15 is 0 Å². The van der Waals surface area contributed by atoms with Crippen LogP contribution >= 0.6 is 0 Å². The summed E-state index contributed by atoms with van der Waals surface area (Å²) < 4.78 is 0. The van der Waals surface area contributed by atoms with Crippen molar-refractivity contribution >= 4 is 12.1 Å². The lowest BCUT2D eigenvalue weighted by atomic mass is 10.0. The van der Waals surface area contributed by atoms with E-state index in [4.69, 9.17) is 0 Å². The van der Waals surface area contributed by atoms with Gasteiger partial charge in [-0.3, -0.25) is 9.59 Å². The van der Waals surface area contributed by atoms with Gasteiger partial charge in [-0.1, -0.05) is 13.3 Å². The van der Waals surface area contributed by atoms with Crippen molar-refractivity contribution < 1.29 is 9.59 Å². The van der Waals surface area contributed by atoms with Gasteiger partial charge in [-0.2, -0.15) is 0 Å². The highest BCUT2D eigenvalue weighted by molar-refractivity contribution is 5.91. The van der Waals surface area contributed by atoms with E-state index in [1.807, 2.05) is 6.92 Å². The molecule has 0 fully saturated rings. The van der Waals surface area contributed by atoms with Crippen LogP contribution in [0.1, 0.15) is 26.7 Å². The van der Waals surface area contributed by atoms with Crippen LogP contribution < -0.4 is 0 Å². The van der Waals surface area contributed by atoms with Crippen molar-refractivity contribution in [2.45, 2.75) is 26.7 Å². The fourth-order valence-corrected chi connectivity index (χ4v) is 0.634. The van der Waals surface area contributed by atoms with Crippen LogP contribution in [0.3, 0.4) is 0 Å². The summed E-state index contributed by atoms with van der Waals surface area (Å²) in [5.41, 5.74) is 0. The smallest absolute Gasteiger partial charge is 0.209 e. The van der Waals surface area contributed by atoms with E-state index in [2.05, 4.69) is 0 Å². The standard InChI is InChI=1S/C7H11O2/c1-3-4-7(5-8)6(2)9/h7H,3-4H2,1-2H3. The molecule has 1 radical (unpaired) electrons. The number of ketones is 1. The Morgan fingerprint density at radius 2 is 2.22 bits per heavy atom. The third kappa shape index (κ3) is 3.01. The molecule has 0 spiro atoms. The Labute approximate surface area is 55.3 Å². The SMILES string of the molecule is CCCC([C]=O)C(C)=O. The predicted molar refractivity (Wildman–Crippen MR) is 34.8 cm³/mol. The largest absolute Gasteiger partial charge is 0.299 e. The van der Waals surface area contributed by atoms with Gasteiger partial charge in [0, 0.05) is 0 Å². The van der Waals surface area contributed by atoms with Crippen LogP contribution in [0.4, 0.5) is 0 Å². The van der Waals surface area contributed by atoms with Gasteiger partial charge < -0.3 is 0 Å². The monoisotopic (exact) mass is 127 g/mol. The van der Waals surface area contributed by atoms with E-state index in [0.29, 0.717) is 6.42 Å². The molecular weight excluding hydrogens is 116 g/mol. The molecule has 0 N–H and O–H groups in total. The van der Waals surface area contributed by atoms with Crippen LogP contribution in [0.5, 0.6) is 0 Å². The molecule has 0 saturated heterocycles. The lowest BCUT2D eigenvalue weighted by Gasteiger charge is -1.99. The van der Waals surface area contributed by atoms with Gasteiger partial charge in [0.15, 0.2) is 0 Å². The highest BCUT2D eigenvalue weighted by Crippen LogP contribution is 2.02. The number of Topliss-reactive ketones (excluding diaryl/α,β-unsaturated/α-hetero) is 1. The zero-order chi connectivity index (χ0) is 7.28.